The molecule has 2 aromatic rings. The fraction of sp³-hybridized carbons (Fsp3) is 0.214. The number of rotatable bonds is 5. The Morgan fingerprint density at radius 3 is 2.50 bits per heavy atom. The van der Waals surface area contributed by atoms with E-state index in [4.69, 9.17) is 5.11 Å². The Balaban J connectivity index is 2.11. The van der Waals surface area contributed by atoms with Crippen LogP contribution in [0.15, 0.2) is 43.0 Å². The molecule has 0 aliphatic carbocycles. The molecule has 0 atom stereocenters. The van der Waals surface area contributed by atoms with Gasteiger partial charge in [-0.3, -0.25) is 4.79 Å². The molecule has 0 spiro atoms. The number of carbonyl (C=O) groups is 2. The molecule has 6 heteroatoms. The van der Waals surface area contributed by atoms with Crippen molar-refractivity contribution in [3.8, 4) is 0 Å². The average molecular weight is 273 g/mol. The maximum atomic E-state index is 11.7. The van der Waals surface area contributed by atoms with Crippen molar-refractivity contribution in [2.24, 2.45) is 0 Å². The number of nitrogens with zero attached hydrogens (tertiary/aromatic N) is 3. The van der Waals surface area contributed by atoms with Gasteiger partial charge in [0.2, 0.25) is 5.91 Å². The Bertz CT molecular complexity index is 591. The van der Waals surface area contributed by atoms with Crippen molar-refractivity contribution in [1.29, 1.82) is 0 Å². The van der Waals surface area contributed by atoms with Gasteiger partial charge in [0.05, 0.1) is 11.9 Å². The molecule has 0 radical (unpaired) electrons. The second-order valence-electron chi connectivity index (χ2n) is 4.32. The number of carboxylic acids is 1. The Labute approximate surface area is 116 Å². The first kappa shape index (κ1) is 13.8. The molecule has 1 heterocycles. The van der Waals surface area contributed by atoms with Gasteiger partial charge < -0.3 is 14.6 Å². The summed E-state index contributed by atoms with van der Waals surface area (Å²) in [7, 11) is 0. The van der Waals surface area contributed by atoms with Crippen LogP contribution in [0.1, 0.15) is 17.3 Å². The molecule has 1 amide bonds. The van der Waals surface area contributed by atoms with Crippen molar-refractivity contribution < 1.29 is 14.7 Å². The zero-order valence-corrected chi connectivity index (χ0v) is 11.1. The lowest BCUT2D eigenvalue weighted by Gasteiger charge is -2.21. The largest absolute Gasteiger partial charge is 0.478 e. The lowest BCUT2D eigenvalue weighted by molar-refractivity contribution is -0.116. The number of carbonyl (C=O) groups excluding carboxylic acids is 1. The molecule has 0 saturated carbocycles. The number of imidazole rings is 1. The highest BCUT2D eigenvalue weighted by molar-refractivity contribution is 5.93. The van der Waals surface area contributed by atoms with E-state index in [9.17, 15) is 9.59 Å². The maximum absolute atomic E-state index is 11.7. The summed E-state index contributed by atoms with van der Waals surface area (Å²) in [5.74, 6) is -1.07. The van der Waals surface area contributed by atoms with Crippen LogP contribution in [0, 0.1) is 0 Å². The number of benzene rings is 1. The predicted molar refractivity (Wildman–Crippen MR) is 73.7 cm³/mol. The van der Waals surface area contributed by atoms with Crippen molar-refractivity contribution in [3.63, 3.8) is 0 Å². The zero-order chi connectivity index (χ0) is 14.5. The minimum absolute atomic E-state index is 0.0896. The van der Waals surface area contributed by atoms with E-state index < -0.39 is 5.97 Å². The van der Waals surface area contributed by atoms with Gasteiger partial charge >= 0.3 is 5.97 Å². The monoisotopic (exact) mass is 273 g/mol. The number of anilines is 1. The number of amides is 1. The summed E-state index contributed by atoms with van der Waals surface area (Å²) in [5.41, 5.74) is 0.884. The van der Waals surface area contributed by atoms with Crippen LogP contribution in [0.2, 0.25) is 0 Å². The third-order valence-corrected chi connectivity index (χ3v) is 2.95. The number of hydrogen-bond donors (Lipinski definition) is 1. The summed E-state index contributed by atoms with van der Waals surface area (Å²) < 4.78 is 1.88. The molecule has 6 nitrogen and oxygen atoms in total. The van der Waals surface area contributed by atoms with Gasteiger partial charge in [-0.1, -0.05) is 0 Å². The quantitative estimate of drug-likeness (QED) is 0.898. The standard InChI is InChI=1S/C14H15N3O3/c1-11(18)17(9-8-16-7-6-15-10-16)13-4-2-12(3-5-13)14(19)20/h2-7,10H,8-9H2,1H3,(H,19,20). The SMILES string of the molecule is CC(=O)N(CCn1ccnc1)c1ccc(C(=O)O)cc1. The van der Waals surface area contributed by atoms with Gasteiger partial charge in [0.1, 0.15) is 0 Å². The Morgan fingerprint density at radius 2 is 2.00 bits per heavy atom. The molecule has 0 aliphatic heterocycles. The minimum atomic E-state index is -0.982. The summed E-state index contributed by atoms with van der Waals surface area (Å²) in [4.78, 5) is 28.1. The topological polar surface area (TPSA) is 75.4 Å². The molecule has 0 fully saturated rings. The van der Waals surface area contributed by atoms with Crippen LogP contribution < -0.4 is 4.90 Å². The van der Waals surface area contributed by atoms with E-state index in [0.29, 0.717) is 18.8 Å². The van der Waals surface area contributed by atoms with Crippen LogP contribution in [0.4, 0.5) is 5.69 Å². The molecule has 1 aromatic carbocycles. The average Bonchev–Trinajstić information content (AvgIpc) is 2.92. The molecule has 0 unspecified atom stereocenters. The molecular formula is C14H15N3O3. The summed E-state index contributed by atoms with van der Waals surface area (Å²) in [5, 5.41) is 8.86. The van der Waals surface area contributed by atoms with Gasteiger partial charge in [-0.25, -0.2) is 9.78 Å². The van der Waals surface area contributed by atoms with Gasteiger partial charge in [-0.2, -0.15) is 0 Å². The minimum Gasteiger partial charge on any atom is -0.478 e. The zero-order valence-electron chi connectivity index (χ0n) is 11.1. The molecule has 104 valence electrons. The van der Waals surface area contributed by atoms with E-state index in [2.05, 4.69) is 4.98 Å². The van der Waals surface area contributed by atoms with Crippen LogP contribution in [0.3, 0.4) is 0 Å². The highest BCUT2D eigenvalue weighted by Gasteiger charge is 2.12. The van der Waals surface area contributed by atoms with E-state index in [1.807, 2.05) is 10.8 Å². The van der Waals surface area contributed by atoms with Crippen LogP contribution in [0.5, 0.6) is 0 Å². The van der Waals surface area contributed by atoms with E-state index in [0.717, 1.165) is 0 Å². The van der Waals surface area contributed by atoms with E-state index in [1.54, 1.807) is 29.6 Å². The molecule has 20 heavy (non-hydrogen) atoms. The summed E-state index contributed by atoms with van der Waals surface area (Å²) in [6, 6.07) is 6.26. The van der Waals surface area contributed by atoms with Crippen LogP contribution in [0.25, 0.3) is 0 Å². The number of aromatic carboxylic acids is 1. The molecule has 0 aliphatic rings. The third kappa shape index (κ3) is 3.23. The Morgan fingerprint density at radius 1 is 1.30 bits per heavy atom. The van der Waals surface area contributed by atoms with Gasteiger partial charge in [0.15, 0.2) is 0 Å². The highest BCUT2D eigenvalue weighted by atomic mass is 16.4. The smallest absolute Gasteiger partial charge is 0.335 e. The second kappa shape index (κ2) is 6.01. The molecule has 1 aromatic heterocycles. The predicted octanol–water partition coefficient (Wildman–Crippen LogP) is 1.63. The van der Waals surface area contributed by atoms with Crippen LogP contribution in [-0.4, -0.2) is 33.1 Å². The van der Waals surface area contributed by atoms with Crippen molar-refractivity contribution in [1.82, 2.24) is 9.55 Å². The lowest BCUT2D eigenvalue weighted by atomic mass is 10.2. The van der Waals surface area contributed by atoms with Gasteiger partial charge in [0, 0.05) is 38.1 Å². The molecule has 1 N–H and O–H groups in total. The van der Waals surface area contributed by atoms with E-state index in [1.165, 1.54) is 19.1 Å². The molecule has 0 bridgehead atoms. The first-order chi connectivity index (χ1) is 9.58. The number of carboxylic acid groups (broad SMARTS) is 1. The Kier molecular flexibility index (Phi) is 4.14. The van der Waals surface area contributed by atoms with E-state index >= 15 is 0 Å². The summed E-state index contributed by atoms with van der Waals surface area (Å²) in [6.45, 7) is 2.61. The summed E-state index contributed by atoms with van der Waals surface area (Å²) >= 11 is 0. The van der Waals surface area contributed by atoms with E-state index in [-0.39, 0.29) is 11.5 Å². The van der Waals surface area contributed by atoms with Gasteiger partial charge in [-0.15, -0.1) is 0 Å². The molecule has 2 rings (SSSR count). The number of hydrogen-bond acceptors (Lipinski definition) is 3. The van der Waals surface area contributed by atoms with Crippen molar-refractivity contribution in [2.45, 2.75) is 13.5 Å². The normalized spacial score (nSPS) is 10.2. The second-order valence-corrected chi connectivity index (χ2v) is 4.32. The molecule has 0 saturated heterocycles. The summed E-state index contributed by atoms with van der Waals surface area (Å²) in [6.07, 6.45) is 5.19. The number of aromatic nitrogens is 2. The van der Waals surface area contributed by atoms with Crippen molar-refractivity contribution in [2.75, 3.05) is 11.4 Å². The fourth-order valence-corrected chi connectivity index (χ4v) is 1.89. The van der Waals surface area contributed by atoms with Crippen molar-refractivity contribution >= 4 is 17.6 Å². The third-order valence-electron chi connectivity index (χ3n) is 2.95. The maximum Gasteiger partial charge on any atom is 0.335 e. The Hall–Kier alpha value is -2.63. The first-order valence-electron chi connectivity index (χ1n) is 6.15. The highest BCUT2D eigenvalue weighted by Crippen LogP contribution is 2.16. The van der Waals surface area contributed by atoms with Gasteiger partial charge in [0.25, 0.3) is 0 Å². The first-order valence-corrected chi connectivity index (χ1v) is 6.15. The van der Waals surface area contributed by atoms with Crippen LogP contribution >= 0.6 is 0 Å². The van der Waals surface area contributed by atoms with Gasteiger partial charge in [-0.05, 0) is 24.3 Å². The fourth-order valence-electron chi connectivity index (χ4n) is 1.89. The van der Waals surface area contributed by atoms with Crippen LogP contribution in [-0.2, 0) is 11.3 Å². The lowest BCUT2D eigenvalue weighted by Crippen LogP contribution is -2.31. The molecular weight excluding hydrogens is 258 g/mol. The van der Waals surface area contributed by atoms with Crippen molar-refractivity contribution in [3.05, 3.63) is 48.5 Å².